The lowest BCUT2D eigenvalue weighted by Crippen LogP contribution is -2.62. The summed E-state index contributed by atoms with van der Waals surface area (Å²) in [6.45, 7) is 13.0. The zero-order valence-electron chi connectivity index (χ0n) is 25.3. The molecule has 1 aliphatic rings. The Kier molecular flexibility index (Phi) is 10.7. The molecule has 1 saturated heterocycles. The molecular formula is C31H41ClN5O5-. The maximum atomic E-state index is 13.4. The van der Waals surface area contributed by atoms with Crippen LogP contribution in [0.25, 0.3) is 17.0 Å². The second-order valence-electron chi connectivity index (χ2n) is 11.7. The molecule has 1 aromatic heterocycles. The number of carbonyl (C=O) groups excluding carboxylic acids is 4. The van der Waals surface area contributed by atoms with Crippen molar-refractivity contribution in [2.45, 2.75) is 85.9 Å². The van der Waals surface area contributed by atoms with Gasteiger partial charge in [0.25, 0.3) is 5.91 Å². The van der Waals surface area contributed by atoms with Gasteiger partial charge in [-0.25, -0.2) is 5.43 Å². The van der Waals surface area contributed by atoms with E-state index >= 15 is 0 Å². The highest BCUT2D eigenvalue weighted by molar-refractivity contribution is 6.35. The van der Waals surface area contributed by atoms with Crippen molar-refractivity contribution in [3.05, 3.63) is 46.1 Å². The number of benzene rings is 1. The molecule has 1 aliphatic heterocycles. The average molecular weight is 599 g/mol. The number of hydrogen-bond acceptors (Lipinski definition) is 7. The van der Waals surface area contributed by atoms with E-state index in [1.54, 1.807) is 33.8 Å². The number of carbonyl (C=O) groups is 4. The summed E-state index contributed by atoms with van der Waals surface area (Å²) in [6, 6.07) is 2.93. The molecule has 11 heteroatoms. The molecule has 42 heavy (non-hydrogen) atoms. The second kappa shape index (κ2) is 13.6. The summed E-state index contributed by atoms with van der Waals surface area (Å²) < 4.78 is 0. The minimum absolute atomic E-state index is 0.266. The van der Waals surface area contributed by atoms with Crippen LogP contribution in [0.15, 0.2) is 24.3 Å². The number of halogens is 1. The summed E-state index contributed by atoms with van der Waals surface area (Å²) in [5.74, 6) is -2.88. The van der Waals surface area contributed by atoms with Crippen LogP contribution in [0, 0.1) is 18.3 Å². The van der Waals surface area contributed by atoms with E-state index in [2.05, 4.69) is 16.1 Å². The normalized spacial score (nSPS) is 17.4. The van der Waals surface area contributed by atoms with Crippen LogP contribution in [0.5, 0.6) is 0 Å². The molecule has 3 rings (SSSR count). The van der Waals surface area contributed by atoms with E-state index in [1.807, 2.05) is 38.1 Å². The third-order valence-corrected chi connectivity index (χ3v) is 7.92. The molecule has 0 saturated carbocycles. The highest BCUT2D eigenvalue weighted by atomic mass is 35.5. The Labute approximate surface area is 252 Å². The zero-order valence-corrected chi connectivity index (χ0v) is 26.1. The van der Waals surface area contributed by atoms with Crippen LogP contribution in [-0.4, -0.2) is 58.4 Å². The summed E-state index contributed by atoms with van der Waals surface area (Å²) >= 11 is 6.47. The SMILES string of the molecule is CCc1cc(Cl)c2ccc(/C=C/C(C)(C)C(=O)N[C@H](C(=O)N[C@@H](C)C(=O)N3CCC[C@@H](C(=O)[O-])N3)C(C)C)c(C)c2n1. The van der Waals surface area contributed by atoms with E-state index in [9.17, 15) is 24.3 Å². The van der Waals surface area contributed by atoms with Gasteiger partial charge in [-0.2, -0.15) is 0 Å². The fraction of sp³-hybridized carbons (Fsp3) is 0.516. The van der Waals surface area contributed by atoms with Crippen molar-refractivity contribution in [1.82, 2.24) is 26.1 Å². The van der Waals surface area contributed by atoms with Crippen molar-refractivity contribution in [2.75, 3.05) is 6.54 Å². The van der Waals surface area contributed by atoms with Gasteiger partial charge in [-0.3, -0.25) is 24.4 Å². The molecule has 1 aromatic carbocycles. The monoisotopic (exact) mass is 598 g/mol. The first-order chi connectivity index (χ1) is 19.7. The molecule has 3 N–H and O–H groups in total. The van der Waals surface area contributed by atoms with E-state index in [4.69, 9.17) is 16.6 Å². The largest absolute Gasteiger partial charge is 0.548 e. The first-order valence-electron chi connectivity index (χ1n) is 14.3. The fourth-order valence-corrected chi connectivity index (χ4v) is 5.04. The Balaban J connectivity index is 1.70. The number of rotatable bonds is 10. The Morgan fingerprint density at radius 3 is 2.52 bits per heavy atom. The van der Waals surface area contributed by atoms with Gasteiger partial charge in [-0.05, 0) is 70.1 Å². The van der Waals surface area contributed by atoms with Crippen molar-refractivity contribution >= 4 is 52.3 Å². The van der Waals surface area contributed by atoms with E-state index in [1.165, 1.54) is 11.9 Å². The summed E-state index contributed by atoms with van der Waals surface area (Å²) in [5.41, 5.74) is 5.25. The number of pyridine rings is 1. The first kappa shape index (κ1) is 33.0. The van der Waals surface area contributed by atoms with Gasteiger partial charge in [0.2, 0.25) is 11.8 Å². The van der Waals surface area contributed by atoms with Gasteiger partial charge in [0.05, 0.1) is 28.0 Å². The number of carboxylic acids is 1. The fourth-order valence-electron chi connectivity index (χ4n) is 4.76. The standard InChI is InChI=1S/C31H42ClN5O5/c1-8-21-16-23(32)22-12-11-20(18(4)26(22)34-21)13-14-31(6,7)30(42)35-25(17(2)3)27(38)33-19(5)28(39)37-15-9-10-24(36-37)29(40)41/h11-14,16-17,19,24-25,36H,8-10,15H2,1-7H3,(H,33,38)(H,35,42)(H,40,41)/p-1/b14-13+/t19-,24-,25-/m0/s1. The van der Waals surface area contributed by atoms with Crippen LogP contribution >= 0.6 is 11.6 Å². The van der Waals surface area contributed by atoms with Gasteiger partial charge >= 0.3 is 0 Å². The molecule has 0 radical (unpaired) electrons. The summed E-state index contributed by atoms with van der Waals surface area (Å²) in [5, 5.41) is 19.5. The van der Waals surface area contributed by atoms with Gasteiger partial charge < -0.3 is 20.5 Å². The summed E-state index contributed by atoms with van der Waals surface area (Å²) in [6.07, 6.45) is 5.27. The third kappa shape index (κ3) is 7.66. The Bertz CT molecular complexity index is 1390. The zero-order chi connectivity index (χ0) is 31.4. The molecule has 3 amide bonds. The molecular weight excluding hydrogens is 558 g/mol. The van der Waals surface area contributed by atoms with E-state index in [0.717, 1.165) is 34.1 Å². The van der Waals surface area contributed by atoms with Crippen LogP contribution in [0.2, 0.25) is 5.02 Å². The number of fused-ring (bicyclic) bond motifs is 1. The van der Waals surface area contributed by atoms with Gasteiger partial charge in [-0.1, -0.05) is 56.7 Å². The number of hydrogen-bond donors (Lipinski definition) is 3. The van der Waals surface area contributed by atoms with Crippen molar-refractivity contribution < 1.29 is 24.3 Å². The van der Waals surface area contributed by atoms with E-state index in [-0.39, 0.29) is 11.8 Å². The number of nitrogens with one attached hydrogen (secondary N) is 3. The Morgan fingerprint density at radius 1 is 1.21 bits per heavy atom. The molecule has 2 aromatic rings. The van der Waals surface area contributed by atoms with E-state index in [0.29, 0.717) is 24.4 Å². The molecule has 0 bridgehead atoms. The number of aromatic nitrogens is 1. The highest BCUT2D eigenvalue weighted by Crippen LogP contribution is 2.29. The smallest absolute Gasteiger partial charge is 0.258 e. The number of aliphatic carboxylic acids is 1. The number of carboxylic acid groups (broad SMARTS) is 1. The molecule has 0 aliphatic carbocycles. The Morgan fingerprint density at radius 2 is 1.90 bits per heavy atom. The quantitative estimate of drug-likeness (QED) is 0.381. The predicted molar refractivity (Wildman–Crippen MR) is 161 cm³/mol. The number of hydrazine groups is 1. The van der Waals surface area contributed by atoms with Gasteiger partial charge in [0.1, 0.15) is 12.1 Å². The molecule has 228 valence electrons. The topological polar surface area (TPSA) is 144 Å². The second-order valence-corrected chi connectivity index (χ2v) is 12.1. The maximum Gasteiger partial charge on any atom is 0.258 e. The Hall–Kier alpha value is -3.50. The third-order valence-electron chi connectivity index (χ3n) is 7.61. The van der Waals surface area contributed by atoms with Crippen LogP contribution in [0.1, 0.15) is 71.2 Å². The van der Waals surface area contributed by atoms with Crippen molar-refractivity contribution in [2.24, 2.45) is 11.3 Å². The number of aryl methyl sites for hydroxylation is 2. The lowest BCUT2D eigenvalue weighted by Gasteiger charge is -2.36. The average Bonchev–Trinajstić information content (AvgIpc) is 2.94. The number of nitrogens with zero attached hydrogens (tertiary/aromatic N) is 2. The summed E-state index contributed by atoms with van der Waals surface area (Å²) in [7, 11) is 0. The minimum Gasteiger partial charge on any atom is -0.548 e. The molecule has 3 atom stereocenters. The minimum atomic E-state index is -1.29. The van der Waals surface area contributed by atoms with Crippen LogP contribution in [0.3, 0.4) is 0 Å². The van der Waals surface area contributed by atoms with Crippen LogP contribution in [-0.2, 0) is 25.6 Å². The van der Waals surface area contributed by atoms with Crippen LogP contribution in [0.4, 0.5) is 0 Å². The van der Waals surface area contributed by atoms with Crippen LogP contribution < -0.4 is 21.2 Å². The molecule has 0 spiro atoms. The molecule has 1 fully saturated rings. The first-order valence-corrected chi connectivity index (χ1v) is 14.7. The number of amides is 3. The lowest BCUT2D eigenvalue weighted by atomic mass is 9.89. The maximum absolute atomic E-state index is 13.4. The van der Waals surface area contributed by atoms with Gasteiger partial charge in [0, 0.05) is 17.6 Å². The van der Waals surface area contributed by atoms with E-state index < -0.39 is 41.3 Å². The lowest BCUT2D eigenvalue weighted by molar-refractivity contribution is -0.310. The van der Waals surface area contributed by atoms with Crippen molar-refractivity contribution in [1.29, 1.82) is 0 Å². The highest BCUT2D eigenvalue weighted by Gasteiger charge is 2.33. The predicted octanol–water partition coefficient (Wildman–Crippen LogP) is 2.69. The van der Waals surface area contributed by atoms with Crippen molar-refractivity contribution in [3.63, 3.8) is 0 Å². The van der Waals surface area contributed by atoms with Crippen molar-refractivity contribution in [3.8, 4) is 0 Å². The van der Waals surface area contributed by atoms with Gasteiger partial charge in [0.15, 0.2) is 0 Å². The van der Waals surface area contributed by atoms with Gasteiger partial charge in [-0.15, -0.1) is 0 Å². The molecule has 2 heterocycles. The molecule has 10 nitrogen and oxygen atoms in total. The molecule has 0 unspecified atom stereocenters. The summed E-state index contributed by atoms with van der Waals surface area (Å²) in [4.78, 5) is 55.4.